The second kappa shape index (κ2) is 7.77. The highest BCUT2D eigenvalue weighted by molar-refractivity contribution is 6.14. The van der Waals surface area contributed by atoms with Gasteiger partial charge in [-0.3, -0.25) is 9.51 Å². The number of aromatic amines is 1. The molecule has 4 rings (SSSR count). The van der Waals surface area contributed by atoms with Crippen molar-refractivity contribution in [1.82, 2.24) is 10.1 Å². The molecule has 2 aromatic carbocycles. The molecule has 1 aromatic heterocycles. The molecule has 9 heteroatoms. The van der Waals surface area contributed by atoms with E-state index in [9.17, 15) is 15.0 Å². The third kappa shape index (κ3) is 3.49. The molecule has 3 aromatic rings. The highest BCUT2D eigenvalue weighted by Crippen LogP contribution is 2.29. The molecule has 0 amide bonds. The van der Waals surface area contributed by atoms with E-state index in [0.29, 0.717) is 28.9 Å². The zero-order valence-corrected chi connectivity index (χ0v) is 16.7. The molecular formula is C21H23N5O4. The Hall–Kier alpha value is -3.43. The normalized spacial score (nSPS) is 16.2. The zero-order valence-electron chi connectivity index (χ0n) is 16.7. The number of H-pyrrole nitrogens is 1. The first kappa shape index (κ1) is 19.9. The van der Waals surface area contributed by atoms with E-state index in [1.807, 2.05) is 44.2 Å². The minimum atomic E-state index is -0.663. The van der Waals surface area contributed by atoms with Gasteiger partial charge in [-0.25, -0.2) is 9.80 Å². The Bertz CT molecular complexity index is 1180. The van der Waals surface area contributed by atoms with E-state index < -0.39 is 5.76 Å². The molecular weight excluding hydrogens is 386 g/mol. The van der Waals surface area contributed by atoms with Gasteiger partial charge >= 0.3 is 5.76 Å². The van der Waals surface area contributed by atoms with Gasteiger partial charge in [0.25, 0.3) is 5.95 Å². The van der Waals surface area contributed by atoms with Crippen LogP contribution in [0.3, 0.4) is 0 Å². The maximum Gasteiger partial charge on any atom is 0.440 e. The van der Waals surface area contributed by atoms with Crippen LogP contribution in [0.1, 0.15) is 40.3 Å². The molecule has 30 heavy (non-hydrogen) atoms. The summed E-state index contributed by atoms with van der Waals surface area (Å²) in [5, 5.41) is 29.8. The number of aliphatic hydroxyl groups excluding tert-OH is 2. The second-order valence-electron chi connectivity index (χ2n) is 7.43. The van der Waals surface area contributed by atoms with Gasteiger partial charge in [0.2, 0.25) is 0 Å². The van der Waals surface area contributed by atoms with Crippen molar-refractivity contribution in [3.63, 3.8) is 0 Å². The Kier molecular flexibility index (Phi) is 5.15. The summed E-state index contributed by atoms with van der Waals surface area (Å²) in [6.07, 6.45) is 0.573. The average Bonchev–Trinajstić information content (AvgIpc) is 3.10. The van der Waals surface area contributed by atoms with Crippen molar-refractivity contribution >= 4 is 17.3 Å². The van der Waals surface area contributed by atoms with Gasteiger partial charge in [-0.15, -0.1) is 0 Å². The summed E-state index contributed by atoms with van der Waals surface area (Å²) in [6, 6.07) is 9.22. The van der Waals surface area contributed by atoms with Crippen LogP contribution in [0, 0.1) is 6.92 Å². The highest BCUT2D eigenvalue weighted by atomic mass is 16.5. The number of hydrogen-bond donors (Lipinski definition) is 4. The third-order valence-electron chi connectivity index (χ3n) is 5.35. The van der Waals surface area contributed by atoms with E-state index in [0.717, 1.165) is 22.3 Å². The number of nitrogen functional groups attached to an aromatic ring is 1. The van der Waals surface area contributed by atoms with E-state index >= 15 is 0 Å². The fourth-order valence-electron chi connectivity index (χ4n) is 3.70. The molecule has 0 spiro atoms. The largest absolute Gasteiger partial charge is 0.440 e. The Morgan fingerprint density at radius 3 is 2.60 bits per heavy atom. The molecule has 1 aliphatic heterocycles. The molecule has 0 radical (unpaired) electrons. The number of nitrogens with zero attached hydrogens (tertiary/aromatic N) is 3. The molecule has 0 saturated carbocycles. The summed E-state index contributed by atoms with van der Waals surface area (Å²) in [4.78, 5) is 14.1. The van der Waals surface area contributed by atoms with Crippen molar-refractivity contribution in [2.24, 2.45) is 5.10 Å². The van der Waals surface area contributed by atoms with Crippen LogP contribution in [0.15, 0.2) is 44.8 Å². The zero-order chi connectivity index (χ0) is 21.4. The number of hydrogen-bond acceptors (Lipinski definition) is 8. The van der Waals surface area contributed by atoms with Gasteiger partial charge in [-0.2, -0.15) is 5.10 Å². The number of nitrogens with two attached hydrogens (primary N) is 1. The first-order valence-corrected chi connectivity index (χ1v) is 9.58. The van der Waals surface area contributed by atoms with Gasteiger partial charge in [0.15, 0.2) is 0 Å². The summed E-state index contributed by atoms with van der Waals surface area (Å²) in [6.45, 7) is 3.50. The van der Waals surface area contributed by atoms with Crippen molar-refractivity contribution < 1.29 is 14.7 Å². The van der Waals surface area contributed by atoms with Crippen molar-refractivity contribution in [2.45, 2.75) is 39.5 Å². The monoisotopic (exact) mass is 409 g/mol. The minimum absolute atomic E-state index is 0.164. The van der Waals surface area contributed by atoms with E-state index in [1.165, 1.54) is 0 Å². The van der Waals surface area contributed by atoms with Crippen LogP contribution in [0.4, 0.5) is 11.6 Å². The lowest BCUT2D eigenvalue weighted by Crippen LogP contribution is -2.30. The van der Waals surface area contributed by atoms with Crippen LogP contribution in [-0.2, 0) is 19.6 Å². The molecule has 0 aliphatic carbocycles. The predicted molar refractivity (Wildman–Crippen MR) is 112 cm³/mol. The van der Waals surface area contributed by atoms with Crippen LogP contribution in [0.25, 0.3) is 0 Å². The smallest absolute Gasteiger partial charge is 0.399 e. The Labute approximate surface area is 172 Å². The number of fused-ring (bicyclic) bond motifs is 1. The summed E-state index contributed by atoms with van der Waals surface area (Å²) in [5.41, 5.74) is 12.1. The van der Waals surface area contributed by atoms with Crippen LogP contribution in [-0.4, -0.2) is 32.1 Å². The van der Waals surface area contributed by atoms with E-state index in [2.05, 4.69) is 14.7 Å². The van der Waals surface area contributed by atoms with E-state index in [4.69, 9.17) is 10.8 Å². The summed E-state index contributed by atoms with van der Waals surface area (Å²) in [7, 11) is 0. The van der Waals surface area contributed by atoms with Crippen molar-refractivity contribution in [2.75, 3.05) is 10.7 Å². The van der Waals surface area contributed by atoms with Crippen molar-refractivity contribution in [1.29, 1.82) is 0 Å². The number of anilines is 2. The second-order valence-corrected chi connectivity index (χ2v) is 7.43. The number of hydrazone groups is 1. The first-order valence-electron chi connectivity index (χ1n) is 9.58. The molecule has 0 fully saturated rings. The number of aliphatic hydroxyl groups is 2. The fourth-order valence-corrected chi connectivity index (χ4v) is 3.70. The molecule has 1 atom stereocenters. The molecule has 1 aliphatic rings. The number of rotatable bonds is 4. The summed E-state index contributed by atoms with van der Waals surface area (Å²) in [5.74, 6) is -0.459. The lowest BCUT2D eigenvalue weighted by atomic mass is 9.90. The topological polar surface area (TPSA) is 141 Å². The summed E-state index contributed by atoms with van der Waals surface area (Å²) >= 11 is 0. The number of aromatic nitrogens is 2. The maximum absolute atomic E-state index is 11.5. The van der Waals surface area contributed by atoms with Crippen LogP contribution < -0.4 is 16.5 Å². The molecule has 0 saturated heterocycles. The number of nitrogens with one attached hydrogen (secondary N) is 1. The Morgan fingerprint density at radius 1 is 1.23 bits per heavy atom. The molecule has 2 heterocycles. The van der Waals surface area contributed by atoms with Gasteiger partial charge in [0.1, 0.15) is 0 Å². The predicted octanol–water partition coefficient (Wildman–Crippen LogP) is 1.44. The van der Waals surface area contributed by atoms with Crippen molar-refractivity contribution in [3.8, 4) is 0 Å². The number of aryl methyl sites for hydroxylation is 1. The molecule has 5 N–H and O–H groups in total. The van der Waals surface area contributed by atoms with Crippen molar-refractivity contribution in [3.05, 3.63) is 74.3 Å². The van der Waals surface area contributed by atoms with Crippen LogP contribution >= 0.6 is 0 Å². The lowest BCUT2D eigenvalue weighted by Gasteiger charge is -2.21. The third-order valence-corrected chi connectivity index (χ3v) is 5.35. The first-order chi connectivity index (χ1) is 14.4. The Balaban J connectivity index is 1.97. The fraction of sp³-hybridized carbons (Fsp3) is 0.286. The van der Waals surface area contributed by atoms with Crippen LogP contribution in [0.2, 0.25) is 0 Å². The maximum atomic E-state index is 11.5. The Morgan fingerprint density at radius 2 is 1.97 bits per heavy atom. The quantitative estimate of drug-likeness (QED) is 0.478. The summed E-state index contributed by atoms with van der Waals surface area (Å²) < 4.78 is 4.68. The van der Waals surface area contributed by atoms with Gasteiger partial charge < -0.3 is 15.9 Å². The molecule has 0 unspecified atom stereocenters. The molecule has 156 valence electrons. The SMILES string of the molecule is Cc1cc(C2=NN(c3noc(=O)[nH]3)[C@H](C)Cc3cc(CO)c(CO)cc32)ccc1N. The molecule has 9 nitrogen and oxygen atoms in total. The van der Waals surface area contributed by atoms with Gasteiger partial charge in [-0.05, 0) is 65.9 Å². The van der Waals surface area contributed by atoms with Gasteiger partial charge in [0, 0.05) is 16.8 Å². The van der Waals surface area contributed by atoms with Gasteiger partial charge in [-0.1, -0.05) is 12.1 Å². The average molecular weight is 409 g/mol. The minimum Gasteiger partial charge on any atom is -0.399 e. The van der Waals surface area contributed by atoms with Crippen LogP contribution in [0.5, 0.6) is 0 Å². The molecule has 0 bridgehead atoms. The lowest BCUT2D eigenvalue weighted by molar-refractivity contribution is 0.260. The van der Waals surface area contributed by atoms with E-state index in [-0.39, 0.29) is 25.2 Å². The van der Waals surface area contributed by atoms with E-state index in [1.54, 1.807) is 5.01 Å². The highest BCUT2D eigenvalue weighted by Gasteiger charge is 2.27. The number of benzene rings is 2. The standard InChI is InChI=1S/C21H23N5O4/c1-11-5-13(3-4-18(11)22)19-17-8-16(10-28)15(9-27)7-14(17)6-12(2)26(24-19)20-23-21(29)30-25-20/h3-5,7-8,12,27-28H,6,9-10,22H2,1-2H3,(H,23,25,29)/t12-/m1/s1. The van der Waals surface area contributed by atoms with Gasteiger partial charge in [0.05, 0.1) is 25.0 Å².